The Morgan fingerprint density at radius 3 is 1.16 bits per heavy atom. The largest absolute Gasteiger partial charge is 0.310 e. The monoisotopic (exact) mass is 801 g/mol. The molecule has 0 saturated heterocycles. The first kappa shape index (κ1) is 37.7. The van der Waals surface area contributed by atoms with Gasteiger partial charge < -0.3 is 4.90 Å². The van der Waals surface area contributed by atoms with E-state index in [1.54, 1.807) is 0 Å². The van der Waals surface area contributed by atoms with E-state index in [1.807, 2.05) is 0 Å². The van der Waals surface area contributed by atoms with Crippen molar-refractivity contribution in [2.45, 2.75) is 0 Å². The summed E-state index contributed by atoms with van der Waals surface area (Å²) in [6.07, 6.45) is 0. The molecule has 0 aliphatic heterocycles. The molecule has 0 spiro atoms. The Kier molecular flexibility index (Phi) is 9.97. The lowest BCUT2D eigenvalue weighted by Crippen LogP contribution is -2.11. The third kappa shape index (κ3) is 7.16. The van der Waals surface area contributed by atoms with E-state index in [0.717, 1.165) is 17.1 Å². The fourth-order valence-corrected chi connectivity index (χ4v) is 9.33. The Hall–Kier alpha value is -8.26. The zero-order valence-corrected chi connectivity index (χ0v) is 34.8. The number of hydrogen-bond donors (Lipinski definition) is 0. The number of anilines is 3. The number of rotatable bonds is 9. The van der Waals surface area contributed by atoms with Gasteiger partial charge in [-0.15, -0.1) is 0 Å². The summed E-state index contributed by atoms with van der Waals surface area (Å²) in [6, 6.07) is 94.6. The van der Waals surface area contributed by atoms with Gasteiger partial charge in [0.2, 0.25) is 0 Å². The van der Waals surface area contributed by atoms with Crippen molar-refractivity contribution in [2.75, 3.05) is 4.90 Å². The fraction of sp³-hybridized carbons (Fsp3) is 0. The first-order valence-electron chi connectivity index (χ1n) is 21.7. The number of hydrogen-bond acceptors (Lipinski definition) is 1. The second-order valence-corrected chi connectivity index (χ2v) is 16.0. The predicted octanol–water partition coefficient (Wildman–Crippen LogP) is 17.5. The van der Waals surface area contributed by atoms with Gasteiger partial charge in [0.15, 0.2) is 0 Å². The standard InChI is InChI=1S/C62H43N/c1-6-19-44(20-7-1)46-33-38-52(39-34-46)63(53-40-35-48(36-41-53)54-42-37-51(45-21-8-2-9-22-45)43-58(54)47-23-10-3-11-24-47)59-32-18-31-57-61(50-27-14-5-15-28-50)60(49-25-12-4-13-26-49)55-29-16-17-30-56(55)62(57)59/h1-43H. The predicted molar refractivity (Wildman–Crippen MR) is 269 cm³/mol. The average molecular weight is 802 g/mol. The molecular formula is C62H43N. The lowest BCUT2D eigenvalue weighted by molar-refractivity contribution is 1.30. The molecule has 0 bridgehead atoms. The van der Waals surface area contributed by atoms with Crippen molar-refractivity contribution in [3.05, 3.63) is 261 Å². The van der Waals surface area contributed by atoms with Crippen LogP contribution in [0.3, 0.4) is 0 Å². The second-order valence-electron chi connectivity index (χ2n) is 16.0. The number of nitrogens with zero attached hydrogens (tertiary/aromatic N) is 1. The van der Waals surface area contributed by atoms with Crippen LogP contribution in [0.1, 0.15) is 0 Å². The summed E-state index contributed by atoms with van der Waals surface area (Å²) in [5, 5.41) is 4.87. The van der Waals surface area contributed by atoms with Gasteiger partial charge >= 0.3 is 0 Å². The fourth-order valence-electron chi connectivity index (χ4n) is 9.33. The van der Waals surface area contributed by atoms with Crippen LogP contribution in [0.15, 0.2) is 261 Å². The third-order valence-electron chi connectivity index (χ3n) is 12.3. The SMILES string of the molecule is c1ccc(-c2ccc(N(c3ccc(-c4ccc(-c5ccccc5)cc4-c4ccccc4)cc3)c3cccc4c(-c5ccccc5)c(-c5ccccc5)c5ccccc5c34)cc2)cc1. The minimum absolute atomic E-state index is 1.08. The van der Waals surface area contributed by atoms with Crippen molar-refractivity contribution >= 4 is 38.6 Å². The van der Waals surface area contributed by atoms with Crippen molar-refractivity contribution < 1.29 is 0 Å². The van der Waals surface area contributed by atoms with Crippen LogP contribution in [-0.2, 0) is 0 Å². The third-order valence-corrected chi connectivity index (χ3v) is 12.3. The summed E-state index contributed by atoms with van der Waals surface area (Å²) >= 11 is 0. The summed E-state index contributed by atoms with van der Waals surface area (Å²) in [5.41, 5.74) is 17.7. The van der Waals surface area contributed by atoms with Crippen molar-refractivity contribution in [2.24, 2.45) is 0 Å². The van der Waals surface area contributed by atoms with Crippen LogP contribution in [0.25, 0.3) is 88.3 Å². The molecule has 0 heterocycles. The molecule has 0 atom stereocenters. The highest BCUT2D eigenvalue weighted by atomic mass is 15.1. The molecule has 1 nitrogen and oxygen atoms in total. The number of benzene rings is 11. The van der Waals surface area contributed by atoms with Crippen LogP contribution >= 0.6 is 0 Å². The van der Waals surface area contributed by atoms with E-state index in [4.69, 9.17) is 0 Å². The quantitative estimate of drug-likeness (QED) is 0.131. The Balaban J connectivity index is 1.13. The molecule has 0 aliphatic rings. The molecule has 11 aromatic carbocycles. The summed E-state index contributed by atoms with van der Waals surface area (Å²) in [5.74, 6) is 0. The molecule has 0 unspecified atom stereocenters. The van der Waals surface area contributed by atoms with Gasteiger partial charge in [0.25, 0.3) is 0 Å². The van der Waals surface area contributed by atoms with Crippen LogP contribution in [0.2, 0.25) is 0 Å². The minimum atomic E-state index is 1.08. The molecule has 11 rings (SSSR count). The van der Waals surface area contributed by atoms with E-state index in [0.29, 0.717) is 0 Å². The maximum absolute atomic E-state index is 2.45. The molecule has 0 radical (unpaired) electrons. The van der Waals surface area contributed by atoms with E-state index >= 15 is 0 Å². The highest BCUT2D eigenvalue weighted by Crippen LogP contribution is 2.49. The topological polar surface area (TPSA) is 3.24 Å². The smallest absolute Gasteiger partial charge is 0.0546 e. The molecule has 0 fully saturated rings. The highest BCUT2D eigenvalue weighted by Gasteiger charge is 2.23. The molecule has 0 N–H and O–H groups in total. The van der Waals surface area contributed by atoms with Crippen molar-refractivity contribution in [1.29, 1.82) is 0 Å². The lowest BCUT2D eigenvalue weighted by atomic mass is 9.84. The minimum Gasteiger partial charge on any atom is -0.310 e. The van der Waals surface area contributed by atoms with Gasteiger partial charge in [-0.25, -0.2) is 0 Å². The summed E-state index contributed by atoms with van der Waals surface area (Å²) < 4.78 is 0. The van der Waals surface area contributed by atoms with Gasteiger partial charge in [-0.2, -0.15) is 0 Å². The average Bonchev–Trinajstić information content (AvgIpc) is 3.37. The number of fused-ring (bicyclic) bond motifs is 3. The van der Waals surface area contributed by atoms with Crippen LogP contribution in [0, 0.1) is 0 Å². The Bertz CT molecular complexity index is 3320. The van der Waals surface area contributed by atoms with Crippen molar-refractivity contribution in [3.8, 4) is 66.8 Å². The van der Waals surface area contributed by atoms with Gasteiger partial charge in [0.05, 0.1) is 5.69 Å². The molecule has 0 saturated carbocycles. The van der Waals surface area contributed by atoms with Crippen molar-refractivity contribution in [1.82, 2.24) is 0 Å². The van der Waals surface area contributed by atoms with E-state index in [-0.39, 0.29) is 0 Å². The highest BCUT2D eigenvalue weighted by molar-refractivity contribution is 6.25. The van der Waals surface area contributed by atoms with Crippen molar-refractivity contribution in [3.63, 3.8) is 0 Å². The summed E-state index contributed by atoms with van der Waals surface area (Å²) in [7, 11) is 0. The maximum Gasteiger partial charge on any atom is 0.0546 e. The maximum atomic E-state index is 2.45. The summed E-state index contributed by atoms with van der Waals surface area (Å²) in [6.45, 7) is 0. The van der Waals surface area contributed by atoms with E-state index in [2.05, 4.69) is 266 Å². The molecule has 0 aromatic heterocycles. The van der Waals surface area contributed by atoms with Gasteiger partial charge in [0, 0.05) is 16.8 Å². The van der Waals surface area contributed by atoms with E-state index < -0.39 is 0 Å². The van der Waals surface area contributed by atoms with Crippen LogP contribution in [-0.4, -0.2) is 0 Å². The van der Waals surface area contributed by atoms with Gasteiger partial charge in [-0.1, -0.05) is 224 Å². The first-order chi connectivity index (χ1) is 31.3. The zero-order chi connectivity index (χ0) is 42.0. The Morgan fingerprint density at radius 1 is 0.222 bits per heavy atom. The van der Waals surface area contributed by atoms with Gasteiger partial charge in [0.1, 0.15) is 0 Å². The normalized spacial score (nSPS) is 11.2. The second kappa shape index (κ2) is 16.7. The Labute approximate surface area is 369 Å². The zero-order valence-electron chi connectivity index (χ0n) is 34.8. The molecule has 296 valence electrons. The van der Waals surface area contributed by atoms with E-state index in [1.165, 1.54) is 88.3 Å². The summed E-state index contributed by atoms with van der Waals surface area (Å²) in [4.78, 5) is 2.45. The van der Waals surface area contributed by atoms with Crippen LogP contribution in [0.5, 0.6) is 0 Å². The molecule has 0 amide bonds. The lowest BCUT2D eigenvalue weighted by Gasteiger charge is -2.29. The molecule has 0 aliphatic carbocycles. The van der Waals surface area contributed by atoms with Crippen LogP contribution < -0.4 is 4.90 Å². The molecule has 11 aromatic rings. The van der Waals surface area contributed by atoms with Gasteiger partial charge in [-0.3, -0.25) is 0 Å². The van der Waals surface area contributed by atoms with Gasteiger partial charge in [-0.05, 0) is 119 Å². The first-order valence-corrected chi connectivity index (χ1v) is 21.7. The molecule has 63 heavy (non-hydrogen) atoms. The van der Waals surface area contributed by atoms with E-state index in [9.17, 15) is 0 Å². The Morgan fingerprint density at radius 2 is 0.603 bits per heavy atom. The molecule has 1 heteroatoms. The molecular weight excluding hydrogens is 759 g/mol. The van der Waals surface area contributed by atoms with Crippen LogP contribution in [0.4, 0.5) is 17.1 Å².